The van der Waals surface area contributed by atoms with Crippen LogP contribution >= 0.6 is 11.3 Å². The highest BCUT2D eigenvalue weighted by Gasteiger charge is 2.16. The van der Waals surface area contributed by atoms with E-state index in [0.717, 1.165) is 16.8 Å². The summed E-state index contributed by atoms with van der Waals surface area (Å²) in [6.45, 7) is 6.34. The van der Waals surface area contributed by atoms with E-state index >= 15 is 0 Å². The zero-order valence-corrected chi connectivity index (χ0v) is 12.6. The average Bonchev–Trinajstić information content (AvgIpc) is 2.93. The molecule has 3 rings (SSSR count). The first kappa shape index (κ1) is 12.9. The fourth-order valence-corrected chi connectivity index (χ4v) is 3.36. The molecule has 0 saturated carbocycles. The van der Waals surface area contributed by atoms with Gasteiger partial charge in [0, 0.05) is 4.88 Å². The second-order valence-corrected chi connectivity index (χ2v) is 6.33. The van der Waals surface area contributed by atoms with Crippen LogP contribution in [0.1, 0.15) is 16.0 Å². The van der Waals surface area contributed by atoms with E-state index in [1.807, 2.05) is 6.07 Å². The molecule has 1 aromatic carbocycles. The van der Waals surface area contributed by atoms with Gasteiger partial charge >= 0.3 is 0 Å². The lowest BCUT2D eigenvalue weighted by Crippen LogP contribution is -1.88. The third-order valence-corrected chi connectivity index (χ3v) is 4.68. The second kappa shape index (κ2) is 4.80. The SMILES string of the molecule is Cc1cccc(-c2c(N)n[nH]c2-c2cc(C)c(C)s2)c1. The minimum atomic E-state index is 0.550. The molecular formula is C16H17N3S. The zero-order valence-electron chi connectivity index (χ0n) is 11.8. The number of aryl methyl sites for hydroxylation is 3. The maximum Gasteiger partial charge on any atom is 0.153 e. The number of rotatable bonds is 2. The lowest BCUT2D eigenvalue weighted by atomic mass is 10.0. The van der Waals surface area contributed by atoms with Gasteiger partial charge in [-0.3, -0.25) is 5.10 Å². The summed E-state index contributed by atoms with van der Waals surface area (Å²) >= 11 is 1.77. The lowest BCUT2D eigenvalue weighted by molar-refractivity contribution is 1.11. The number of nitrogen functional groups attached to an aromatic ring is 1. The molecule has 3 aromatic rings. The molecule has 2 heterocycles. The molecule has 102 valence electrons. The Balaban J connectivity index is 2.19. The van der Waals surface area contributed by atoms with Gasteiger partial charge in [-0.25, -0.2) is 0 Å². The number of hydrogen-bond acceptors (Lipinski definition) is 3. The number of nitrogens with zero attached hydrogens (tertiary/aromatic N) is 1. The monoisotopic (exact) mass is 283 g/mol. The number of thiophene rings is 1. The summed E-state index contributed by atoms with van der Waals surface area (Å²) < 4.78 is 0. The summed E-state index contributed by atoms with van der Waals surface area (Å²) in [5.74, 6) is 0.550. The van der Waals surface area contributed by atoms with Crippen molar-refractivity contribution in [2.75, 3.05) is 5.73 Å². The largest absolute Gasteiger partial charge is 0.382 e. The topological polar surface area (TPSA) is 54.7 Å². The molecule has 3 nitrogen and oxygen atoms in total. The summed E-state index contributed by atoms with van der Waals surface area (Å²) in [4.78, 5) is 2.50. The van der Waals surface area contributed by atoms with Crippen LogP contribution in [0.25, 0.3) is 21.7 Å². The fraction of sp³-hybridized carbons (Fsp3) is 0.188. The van der Waals surface area contributed by atoms with E-state index in [0.29, 0.717) is 5.82 Å². The van der Waals surface area contributed by atoms with E-state index in [9.17, 15) is 0 Å². The molecule has 0 radical (unpaired) electrons. The van der Waals surface area contributed by atoms with E-state index in [2.05, 4.69) is 55.2 Å². The van der Waals surface area contributed by atoms with E-state index in [4.69, 9.17) is 5.73 Å². The Morgan fingerprint density at radius 3 is 2.60 bits per heavy atom. The van der Waals surface area contributed by atoms with Crippen molar-refractivity contribution < 1.29 is 0 Å². The van der Waals surface area contributed by atoms with Gasteiger partial charge in [-0.2, -0.15) is 5.10 Å². The number of H-pyrrole nitrogens is 1. The van der Waals surface area contributed by atoms with Crippen LogP contribution in [0.15, 0.2) is 30.3 Å². The summed E-state index contributed by atoms with van der Waals surface area (Å²) in [6.07, 6.45) is 0. The van der Waals surface area contributed by atoms with E-state index in [1.54, 1.807) is 11.3 Å². The highest BCUT2D eigenvalue weighted by atomic mass is 32.1. The van der Waals surface area contributed by atoms with Crippen molar-refractivity contribution in [2.45, 2.75) is 20.8 Å². The van der Waals surface area contributed by atoms with Gasteiger partial charge in [0.1, 0.15) is 0 Å². The second-order valence-electron chi connectivity index (χ2n) is 5.08. The molecule has 0 spiro atoms. The Bertz CT molecular complexity index is 748. The molecule has 4 heteroatoms. The van der Waals surface area contributed by atoms with Gasteiger partial charge in [0.2, 0.25) is 0 Å². The fourth-order valence-electron chi connectivity index (χ4n) is 2.32. The van der Waals surface area contributed by atoms with Crippen LogP contribution in [0.2, 0.25) is 0 Å². The average molecular weight is 283 g/mol. The predicted octanol–water partition coefficient (Wildman–Crippen LogP) is 4.31. The van der Waals surface area contributed by atoms with Crippen LogP contribution in [0, 0.1) is 20.8 Å². The van der Waals surface area contributed by atoms with Crippen molar-refractivity contribution in [1.29, 1.82) is 0 Å². The van der Waals surface area contributed by atoms with Crippen LogP contribution in [0.5, 0.6) is 0 Å². The quantitative estimate of drug-likeness (QED) is 0.736. The van der Waals surface area contributed by atoms with Gasteiger partial charge in [-0.05, 0) is 38.0 Å². The Kier molecular flexibility index (Phi) is 3.10. The van der Waals surface area contributed by atoms with Crippen molar-refractivity contribution in [1.82, 2.24) is 10.2 Å². The number of benzene rings is 1. The van der Waals surface area contributed by atoms with Crippen LogP contribution in [0.3, 0.4) is 0 Å². The number of hydrogen-bond donors (Lipinski definition) is 2. The van der Waals surface area contributed by atoms with Crippen LogP contribution < -0.4 is 5.73 Å². The Morgan fingerprint density at radius 2 is 1.95 bits per heavy atom. The molecule has 0 atom stereocenters. The maximum atomic E-state index is 6.07. The zero-order chi connectivity index (χ0) is 14.3. The highest BCUT2D eigenvalue weighted by molar-refractivity contribution is 7.15. The van der Waals surface area contributed by atoms with Crippen LogP contribution in [0.4, 0.5) is 5.82 Å². The molecular weight excluding hydrogens is 266 g/mol. The van der Waals surface area contributed by atoms with Gasteiger partial charge < -0.3 is 5.73 Å². The minimum absolute atomic E-state index is 0.550. The van der Waals surface area contributed by atoms with Gasteiger partial charge in [-0.1, -0.05) is 29.8 Å². The Morgan fingerprint density at radius 1 is 1.15 bits per heavy atom. The molecule has 20 heavy (non-hydrogen) atoms. The minimum Gasteiger partial charge on any atom is -0.382 e. The number of aromatic nitrogens is 2. The number of nitrogens with two attached hydrogens (primary N) is 1. The third-order valence-electron chi connectivity index (χ3n) is 3.51. The summed E-state index contributed by atoms with van der Waals surface area (Å²) in [5.41, 5.74) is 11.7. The van der Waals surface area contributed by atoms with E-state index in [1.165, 1.54) is 20.9 Å². The first-order valence-electron chi connectivity index (χ1n) is 6.54. The first-order valence-corrected chi connectivity index (χ1v) is 7.36. The van der Waals surface area contributed by atoms with Gasteiger partial charge in [0.25, 0.3) is 0 Å². The molecule has 0 unspecified atom stereocenters. The lowest BCUT2D eigenvalue weighted by Gasteiger charge is -2.04. The highest BCUT2D eigenvalue weighted by Crippen LogP contribution is 2.38. The van der Waals surface area contributed by atoms with Gasteiger partial charge in [0.15, 0.2) is 5.82 Å². The summed E-state index contributed by atoms with van der Waals surface area (Å²) in [6, 6.07) is 10.5. The van der Waals surface area contributed by atoms with Crippen molar-refractivity contribution in [3.63, 3.8) is 0 Å². The van der Waals surface area contributed by atoms with Crippen LogP contribution in [-0.2, 0) is 0 Å². The Labute approximate surface area is 122 Å². The first-order chi connectivity index (χ1) is 9.56. The third kappa shape index (κ3) is 2.12. The smallest absolute Gasteiger partial charge is 0.153 e. The normalized spacial score (nSPS) is 10.9. The Hall–Kier alpha value is -2.07. The molecule has 0 fully saturated rings. The van der Waals surface area contributed by atoms with Crippen molar-refractivity contribution in [3.8, 4) is 21.7 Å². The molecule has 0 aliphatic rings. The molecule has 0 aliphatic heterocycles. The van der Waals surface area contributed by atoms with Crippen LogP contribution in [-0.4, -0.2) is 10.2 Å². The molecule has 0 amide bonds. The number of aromatic amines is 1. The maximum absolute atomic E-state index is 6.07. The van der Waals surface area contributed by atoms with E-state index in [-0.39, 0.29) is 0 Å². The number of nitrogens with one attached hydrogen (secondary N) is 1. The van der Waals surface area contributed by atoms with Gasteiger partial charge in [0.05, 0.1) is 16.1 Å². The predicted molar refractivity (Wildman–Crippen MR) is 86.0 cm³/mol. The molecule has 0 saturated heterocycles. The molecule has 0 bridgehead atoms. The summed E-state index contributed by atoms with van der Waals surface area (Å²) in [7, 11) is 0. The summed E-state index contributed by atoms with van der Waals surface area (Å²) in [5, 5.41) is 7.28. The van der Waals surface area contributed by atoms with Crippen molar-refractivity contribution in [2.24, 2.45) is 0 Å². The molecule has 2 aromatic heterocycles. The molecule has 3 N–H and O–H groups in total. The van der Waals surface area contributed by atoms with E-state index < -0.39 is 0 Å². The van der Waals surface area contributed by atoms with Gasteiger partial charge in [-0.15, -0.1) is 11.3 Å². The van der Waals surface area contributed by atoms with Crippen molar-refractivity contribution in [3.05, 3.63) is 46.3 Å². The standard InChI is InChI=1S/C16H17N3S/c1-9-5-4-6-12(7-9)14-15(18-19-16(14)17)13-8-10(2)11(3)20-13/h4-8H,1-3H3,(H3,17,18,19). The molecule has 0 aliphatic carbocycles. The van der Waals surface area contributed by atoms with Crippen molar-refractivity contribution >= 4 is 17.2 Å². The number of anilines is 1.